The van der Waals surface area contributed by atoms with E-state index in [4.69, 9.17) is 11.6 Å². The summed E-state index contributed by atoms with van der Waals surface area (Å²) in [4.78, 5) is 17.3. The quantitative estimate of drug-likeness (QED) is 0.406. The summed E-state index contributed by atoms with van der Waals surface area (Å²) in [7, 11) is -3.85. The van der Waals surface area contributed by atoms with Crippen molar-refractivity contribution in [1.82, 2.24) is 14.3 Å². The van der Waals surface area contributed by atoms with Crippen LogP contribution in [0.15, 0.2) is 82.8 Å². The second-order valence-electron chi connectivity index (χ2n) is 8.60. The lowest BCUT2D eigenvalue weighted by atomic mass is 9.90. The highest BCUT2D eigenvalue weighted by Gasteiger charge is 2.20. The molecule has 35 heavy (non-hydrogen) atoms. The number of fused-ring (bicyclic) bond motifs is 1. The van der Waals surface area contributed by atoms with Crippen molar-refractivity contribution in [3.8, 4) is 0 Å². The maximum Gasteiger partial charge on any atom is 0.265 e. The Hall–Kier alpha value is -3.16. The van der Waals surface area contributed by atoms with Gasteiger partial charge in [0.05, 0.1) is 17.6 Å². The van der Waals surface area contributed by atoms with E-state index in [1.165, 1.54) is 11.6 Å². The summed E-state index contributed by atoms with van der Waals surface area (Å²) in [6.45, 7) is 4.35. The number of unbranched alkanes of at least 4 members (excludes halogenated alkanes) is 1. The predicted molar refractivity (Wildman–Crippen MR) is 141 cm³/mol. The topological polar surface area (TPSA) is 81.1 Å². The maximum absolute atomic E-state index is 12.7. The number of imidazole rings is 1. The summed E-state index contributed by atoms with van der Waals surface area (Å²) in [6, 6.07) is 15.2. The number of carbonyl (C=O) groups is 1. The molecule has 6 nitrogen and oxygen atoms in total. The fourth-order valence-electron chi connectivity index (χ4n) is 4.12. The number of rotatable bonds is 8. The molecular formula is C27H28ClN3O3S. The largest absolute Gasteiger partial charge is 0.324 e. The van der Waals surface area contributed by atoms with Gasteiger partial charge < -0.3 is 4.57 Å². The number of nitrogens with one attached hydrogen (secondary N) is 1. The lowest BCUT2D eigenvalue weighted by Gasteiger charge is -2.20. The van der Waals surface area contributed by atoms with Crippen molar-refractivity contribution in [2.24, 2.45) is 0 Å². The molecule has 1 heterocycles. The monoisotopic (exact) mass is 509 g/mol. The number of benzene rings is 2. The number of hydrogen-bond acceptors (Lipinski definition) is 4. The van der Waals surface area contributed by atoms with E-state index in [9.17, 15) is 13.2 Å². The number of sulfonamides is 1. The van der Waals surface area contributed by atoms with Crippen molar-refractivity contribution in [3.05, 3.63) is 99.7 Å². The van der Waals surface area contributed by atoms with E-state index in [1.807, 2.05) is 36.6 Å². The van der Waals surface area contributed by atoms with Crippen LogP contribution < -0.4 is 4.72 Å². The number of hydrogen-bond donors (Lipinski definition) is 1. The van der Waals surface area contributed by atoms with Crippen LogP contribution in [-0.4, -0.2) is 23.9 Å². The SMILES string of the molecule is CCC/C=C/S(=O)(=O)NC(=O)c1ccc2nc(C)n(CC3=C(Cl)CC(c4ccccc4)C=C3)c2c1. The molecule has 1 atom stereocenters. The Kier molecular flexibility index (Phi) is 7.57. The van der Waals surface area contributed by atoms with Gasteiger partial charge >= 0.3 is 0 Å². The summed E-state index contributed by atoms with van der Waals surface area (Å²) in [5, 5.41) is 1.83. The van der Waals surface area contributed by atoms with E-state index in [0.29, 0.717) is 13.0 Å². The molecule has 0 saturated heterocycles. The first-order valence-electron chi connectivity index (χ1n) is 11.6. The molecule has 0 spiro atoms. The van der Waals surface area contributed by atoms with Crippen LogP contribution in [0.25, 0.3) is 11.0 Å². The third-order valence-corrected chi connectivity index (χ3v) is 7.42. The maximum atomic E-state index is 12.7. The van der Waals surface area contributed by atoms with Crippen LogP contribution >= 0.6 is 11.6 Å². The van der Waals surface area contributed by atoms with E-state index >= 15 is 0 Å². The minimum Gasteiger partial charge on any atom is -0.324 e. The summed E-state index contributed by atoms with van der Waals surface area (Å²) < 4.78 is 28.5. The first-order chi connectivity index (χ1) is 16.8. The van der Waals surface area contributed by atoms with Crippen molar-refractivity contribution < 1.29 is 13.2 Å². The number of halogens is 1. The fourth-order valence-corrected chi connectivity index (χ4v) is 5.24. The zero-order valence-electron chi connectivity index (χ0n) is 19.7. The van der Waals surface area contributed by atoms with Crippen molar-refractivity contribution in [3.63, 3.8) is 0 Å². The van der Waals surface area contributed by atoms with Crippen LogP contribution in [0, 0.1) is 6.92 Å². The minimum absolute atomic E-state index is 0.233. The molecule has 1 aromatic heterocycles. The normalized spacial score (nSPS) is 16.4. The second-order valence-corrected chi connectivity index (χ2v) is 10.6. The minimum atomic E-state index is -3.85. The molecule has 0 aliphatic heterocycles. The molecule has 1 aliphatic carbocycles. The zero-order chi connectivity index (χ0) is 25.0. The van der Waals surface area contributed by atoms with Crippen LogP contribution in [0.3, 0.4) is 0 Å². The average molecular weight is 510 g/mol. The number of allylic oxidation sites excluding steroid dienone is 5. The van der Waals surface area contributed by atoms with Gasteiger partial charge in [-0.1, -0.05) is 73.5 Å². The Balaban J connectivity index is 1.56. The fraction of sp³-hybridized carbons (Fsp3) is 0.259. The molecule has 1 N–H and O–H groups in total. The Morgan fingerprint density at radius 2 is 2.00 bits per heavy atom. The van der Waals surface area contributed by atoms with Crippen molar-refractivity contribution in [2.45, 2.75) is 45.6 Å². The molecule has 0 fully saturated rings. The zero-order valence-corrected chi connectivity index (χ0v) is 21.3. The van der Waals surface area contributed by atoms with Gasteiger partial charge in [-0.25, -0.2) is 18.1 Å². The third-order valence-electron chi connectivity index (χ3n) is 6.00. The Morgan fingerprint density at radius 3 is 2.71 bits per heavy atom. The molecule has 0 radical (unpaired) electrons. The van der Waals surface area contributed by atoms with Gasteiger partial charge in [0.15, 0.2) is 0 Å². The average Bonchev–Trinajstić information content (AvgIpc) is 3.14. The summed E-state index contributed by atoms with van der Waals surface area (Å²) in [5.41, 5.74) is 3.92. The molecule has 1 aliphatic rings. The van der Waals surface area contributed by atoms with E-state index in [-0.39, 0.29) is 11.5 Å². The molecule has 0 saturated carbocycles. The molecule has 0 bridgehead atoms. The predicted octanol–water partition coefficient (Wildman–Crippen LogP) is 5.95. The van der Waals surface area contributed by atoms with Crippen molar-refractivity contribution in [2.75, 3.05) is 0 Å². The molecule has 1 unspecified atom stereocenters. The van der Waals surface area contributed by atoms with E-state index < -0.39 is 15.9 Å². The van der Waals surface area contributed by atoms with Gasteiger partial charge in [-0.2, -0.15) is 0 Å². The van der Waals surface area contributed by atoms with Crippen LogP contribution in [0.1, 0.15) is 53.8 Å². The first-order valence-corrected chi connectivity index (χ1v) is 13.5. The molecule has 8 heteroatoms. The van der Waals surface area contributed by atoms with Gasteiger partial charge in [0.25, 0.3) is 15.9 Å². The molecular weight excluding hydrogens is 482 g/mol. The van der Waals surface area contributed by atoms with Crippen LogP contribution in [0.2, 0.25) is 0 Å². The van der Waals surface area contributed by atoms with Crippen molar-refractivity contribution in [1.29, 1.82) is 0 Å². The van der Waals surface area contributed by atoms with E-state index in [1.54, 1.807) is 18.2 Å². The highest BCUT2D eigenvalue weighted by molar-refractivity contribution is 7.92. The van der Waals surface area contributed by atoms with Crippen LogP contribution in [0.5, 0.6) is 0 Å². The summed E-state index contributed by atoms with van der Waals surface area (Å²) >= 11 is 6.71. The van der Waals surface area contributed by atoms with Gasteiger partial charge in [-0.15, -0.1) is 0 Å². The lowest BCUT2D eigenvalue weighted by molar-refractivity contribution is 0.0982. The standard InChI is InChI=1S/C27H28ClN3O3S/c1-3-4-8-15-35(33,34)30-27(32)22-13-14-25-26(17-22)31(19(2)29-25)18-23-12-11-21(16-24(23)28)20-9-6-5-7-10-20/h5-15,17,21H,3-4,16,18H2,1-2H3,(H,30,32)/b15-8+. The number of carbonyl (C=O) groups excluding carboxylic acids is 1. The van der Waals surface area contributed by atoms with Crippen molar-refractivity contribution >= 4 is 38.6 Å². The second kappa shape index (κ2) is 10.6. The van der Waals surface area contributed by atoms with Gasteiger partial charge in [-0.3, -0.25) is 4.79 Å². The first kappa shape index (κ1) is 24.9. The Labute approximate surface area is 211 Å². The highest BCUT2D eigenvalue weighted by Crippen LogP contribution is 2.34. The molecule has 1 amide bonds. The van der Waals surface area contributed by atoms with Crippen LogP contribution in [-0.2, 0) is 16.6 Å². The summed E-state index contributed by atoms with van der Waals surface area (Å²) in [5.74, 6) is 0.332. The third kappa shape index (κ3) is 5.92. The molecule has 4 rings (SSSR count). The number of aryl methyl sites for hydroxylation is 1. The van der Waals surface area contributed by atoms with E-state index in [0.717, 1.165) is 45.7 Å². The molecule has 2 aromatic carbocycles. The lowest BCUT2D eigenvalue weighted by Crippen LogP contribution is -2.28. The van der Waals surface area contributed by atoms with Gasteiger partial charge in [0.2, 0.25) is 0 Å². The highest BCUT2D eigenvalue weighted by atomic mass is 35.5. The molecule has 182 valence electrons. The van der Waals surface area contributed by atoms with Gasteiger partial charge in [0.1, 0.15) is 5.82 Å². The Bertz CT molecular complexity index is 1440. The van der Waals surface area contributed by atoms with E-state index in [2.05, 4.69) is 34.0 Å². The van der Waals surface area contributed by atoms with Crippen LogP contribution in [0.4, 0.5) is 0 Å². The Morgan fingerprint density at radius 1 is 1.23 bits per heavy atom. The molecule has 3 aromatic rings. The summed E-state index contributed by atoms with van der Waals surface area (Å²) in [6.07, 6.45) is 7.93. The number of nitrogens with zero attached hydrogens (tertiary/aromatic N) is 2. The number of amides is 1. The number of aromatic nitrogens is 2. The smallest absolute Gasteiger partial charge is 0.265 e. The van der Waals surface area contributed by atoms with Gasteiger partial charge in [0, 0.05) is 21.9 Å². The van der Waals surface area contributed by atoms with Gasteiger partial charge in [-0.05, 0) is 49.1 Å².